The molecule has 0 radical (unpaired) electrons. The number of hydrogen-bond donors (Lipinski definition) is 1. The standard InChI is InChI=1S/C16H21ClN2OS/c1-2-14-16(20)19(13-7-9-21-10-8-13)15(18-14)11-3-5-12(17)6-4-11/h3-6,13-15,18H,2,7-10H2,1H3. The van der Waals surface area contributed by atoms with Crippen LogP contribution in [0.15, 0.2) is 24.3 Å². The van der Waals surface area contributed by atoms with Crippen molar-refractivity contribution in [3.05, 3.63) is 34.9 Å². The molecule has 1 amide bonds. The van der Waals surface area contributed by atoms with Gasteiger partial charge in [-0.2, -0.15) is 11.8 Å². The Balaban J connectivity index is 1.88. The number of carbonyl (C=O) groups is 1. The number of carbonyl (C=O) groups excluding carboxylic acids is 1. The van der Waals surface area contributed by atoms with E-state index in [0.29, 0.717) is 6.04 Å². The van der Waals surface area contributed by atoms with Crippen molar-refractivity contribution < 1.29 is 4.79 Å². The van der Waals surface area contributed by atoms with Crippen molar-refractivity contribution in [3.63, 3.8) is 0 Å². The van der Waals surface area contributed by atoms with E-state index in [4.69, 9.17) is 11.6 Å². The van der Waals surface area contributed by atoms with E-state index in [1.807, 2.05) is 36.0 Å². The Labute approximate surface area is 135 Å². The van der Waals surface area contributed by atoms with E-state index < -0.39 is 0 Å². The summed E-state index contributed by atoms with van der Waals surface area (Å²) in [5, 5.41) is 4.23. The van der Waals surface area contributed by atoms with E-state index in [1.54, 1.807) is 0 Å². The lowest BCUT2D eigenvalue weighted by atomic mass is 10.1. The van der Waals surface area contributed by atoms with Gasteiger partial charge in [-0.15, -0.1) is 0 Å². The average Bonchev–Trinajstić information content (AvgIpc) is 2.85. The normalized spacial score (nSPS) is 27.3. The first-order valence-corrected chi connectivity index (χ1v) is 9.15. The summed E-state index contributed by atoms with van der Waals surface area (Å²) in [5.74, 6) is 2.56. The third-order valence-corrected chi connectivity index (χ3v) is 5.67. The van der Waals surface area contributed by atoms with Gasteiger partial charge in [0.2, 0.25) is 5.91 Å². The van der Waals surface area contributed by atoms with Crippen LogP contribution in [0.4, 0.5) is 0 Å². The van der Waals surface area contributed by atoms with Crippen molar-refractivity contribution in [2.75, 3.05) is 11.5 Å². The van der Waals surface area contributed by atoms with Gasteiger partial charge in [-0.3, -0.25) is 10.1 Å². The van der Waals surface area contributed by atoms with Crippen molar-refractivity contribution in [2.45, 2.75) is 44.4 Å². The first-order chi connectivity index (χ1) is 10.2. The monoisotopic (exact) mass is 324 g/mol. The minimum absolute atomic E-state index is 0.00665. The zero-order valence-corrected chi connectivity index (χ0v) is 13.8. The first kappa shape index (κ1) is 15.2. The summed E-state index contributed by atoms with van der Waals surface area (Å²) in [6, 6.07) is 8.16. The molecule has 3 nitrogen and oxygen atoms in total. The highest BCUT2D eigenvalue weighted by molar-refractivity contribution is 7.99. The molecule has 5 heteroatoms. The van der Waals surface area contributed by atoms with E-state index in [-0.39, 0.29) is 18.1 Å². The number of amides is 1. The van der Waals surface area contributed by atoms with Crippen LogP contribution in [-0.4, -0.2) is 34.4 Å². The Morgan fingerprint density at radius 1 is 1.29 bits per heavy atom. The molecule has 3 rings (SSSR count). The van der Waals surface area contributed by atoms with Gasteiger partial charge in [-0.05, 0) is 48.5 Å². The summed E-state index contributed by atoms with van der Waals surface area (Å²) < 4.78 is 0. The van der Waals surface area contributed by atoms with Crippen molar-refractivity contribution in [1.82, 2.24) is 10.2 Å². The minimum Gasteiger partial charge on any atom is -0.319 e. The van der Waals surface area contributed by atoms with E-state index in [9.17, 15) is 4.79 Å². The molecule has 0 aliphatic carbocycles. The predicted octanol–water partition coefficient (Wildman–Crippen LogP) is 3.44. The fraction of sp³-hybridized carbons (Fsp3) is 0.562. The number of benzene rings is 1. The van der Waals surface area contributed by atoms with Crippen LogP contribution in [0.1, 0.15) is 37.9 Å². The number of nitrogens with zero attached hydrogens (tertiary/aromatic N) is 1. The van der Waals surface area contributed by atoms with Crippen LogP contribution >= 0.6 is 23.4 Å². The van der Waals surface area contributed by atoms with Gasteiger partial charge >= 0.3 is 0 Å². The Hall–Kier alpha value is -0.710. The van der Waals surface area contributed by atoms with Gasteiger partial charge in [0.25, 0.3) is 0 Å². The van der Waals surface area contributed by atoms with Crippen LogP contribution < -0.4 is 5.32 Å². The van der Waals surface area contributed by atoms with E-state index >= 15 is 0 Å². The number of nitrogens with one attached hydrogen (secondary N) is 1. The molecule has 0 aromatic heterocycles. The van der Waals surface area contributed by atoms with Crippen LogP contribution in [0.2, 0.25) is 5.02 Å². The molecule has 0 spiro atoms. The van der Waals surface area contributed by atoms with Gasteiger partial charge in [0.05, 0.1) is 6.04 Å². The molecule has 0 bridgehead atoms. The molecule has 21 heavy (non-hydrogen) atoms. The Bertz CT molecular complexity index is 502. The van der Waals surface area contributed by atoms with Crippen LogP contribution in [0.3, 0.4) is 0 Å². The lowest BCUT2D eigenvalue weighted by molar-refractivity contribution is -0.132. The van der Waals surface area contributed by atoms with Crippen LogP contribution in [0.5, 0.6) is 0 Å². The zero-order valence-electron chi connectivity index (χ0n) is 12.2. The number of halogens is 1. The summed E-state index contributed by atoms with van der Waals surface area (Å²) in [6.45, 7) is 2.06. The van der Waals surface area contributed by atoms with Crippen LogP contribution in [-0.2, 0) is 4.79 Å². The van der Waals surface area contributed by atoms with Crippen molar-refractivity contribution in [2.24, 2.45) is 0 Å². The lowest BCUT2D eigenvalue weighted by Crippen LogP contribution is -2.42. The zero-order chi connectivity index (χ0) is 14.8. The molecule has 114 valence electrons. The maximum absolute atomic E-state index is 12.7. The summed E-state index contributed by atoms with van der Waals surface area (Å²) >= 11 is 7.97. The lowest BCUT2D eigenvalue weighted by Gasteiger charge is -2.35. The number of rotatable bonds is 3. The van der Waals surface area contributed by atoms with Crippen LogP contribution in [0.25, 0.3) is 0 Å². The third kappa shape index (κ3) is 3.08. The average molecular weight is 325 g/mol. The molecule has 2 heterocycles. The molecule has 2 aliphatic heterocycles. The molecule has 2 saturated heterocycles. The second-order valence-electron chi connectivity index (χ2n) is 5.67. The molecule has 1 aromatic carbocycles. The second kappa shape index (κ2) is 6.59. The summed E-state index contributed by atoms with van der Waals surface area (Å²) in [6.07, 6.45) is 3.02. The van der Waals surface area contributed by atoms with Gasteiger partial charge < -0.3 is 4.90 Å². The first-order valence-electron chi connectivity index (χ1n) is 7.62. The van der Waals surface area contributed by atoms with Gasteiger partial charge in [-0.1, -0.05) is 30.7 Å². The highest BCUT2D eigenvalue weighted by Gasteiger charge is 2.42. The SMILES string of the molecule is CCC1NC(c2ccc(Cl)cc2)N(C2CCSCC2)C1=O. The molecule has 2 fully saturated rings. The molecule has 2 aliphatic rings. The van der Waals surface area contributed by atoms with Gasteiger partial charge in [-0.25, -0.2) is 0 Å². The predicted molar refractivity (Wildman–Crippen MR) is 88.6 cm³/mol. The number of thioether (sulfide) groups is 1. The molecular weight excluding hydrogens is 304 g/mol. The van der Waals surface area contributed by atoms with E-state index in [2.05, 4.69) is 17.1 Å². The Morgan fingerprint density at radius 2 is 1.95 bits per heavy atom. The molecule has 2 unspecified atom stereocenters. The van der Waals surface area contributed by atoms with Gasteiger partial charge in [0, 0.05) is 11.1 Å². The molecule has 2 atom stereocenters. The summed E-state index contributed by atoms with van der Waals surface area (Å²) in [5.41, 5.74) is 1.13. The fourth-order valence-electron chi connectivity index (χ4n) is 3.20. The van der Waals surface area contributed by atoms with Gasteiger partial charge in [0.15, 0.2) is 0 Å². The second-order valence-corrected chi connectivity index (χ2v) is 7.33. The van der Waals surface area contributed by atoms with E-state index in [1.165, 1.54) is 0 Å². The fourth-order valence-corrected chi connectivity index (χ4v) is 4.41. The third-order valence-electron chi connectivity index (χ3n) is 4.37. The van der Waals surface area contributed by atoms with Gasteiger partial charge in [0.1, 0.15) is 6.17 Å². The maximum Gasteiger partial charge on any atom is 0.241 e. The largest absolute Gasteiger partial charge is 0.319 e. The summed E-state index contributed by atoms with van der Waals surface area (Å²) in [4.78, 5) is 14.8. The molecule has 0 saturated carbocycles. The van der Waals surface area contributed by atoms with Crippen molar-refractivity contribution >= 4 is 29.3 Å². The van der Waals surface area contributed by atoms with Crippen molar-refractivity contribution in [1.29, 1.82) is 0 Å². The highest BCUT2D eigenvalue weighted by Crippen LogP contribution is 2.33. The topological polar surface area (TPSA) is 32.3 Å². The minimum atomic E-state index is -0.0553. The molecule has 1 N–H and O–H groups in total. The summed E-state index contributed by atoms with van der Waals surface area (Å²) in [7, 11) is 0. The Morgan fingerprint density at radius 3 is 2.57 bits per heavy atom. The molecule has 1 aromatic rings. The van der Waals surface area contributed by atoms with Crippen molar-refractivity contribution in [3.8, 4) is 0 Å². The maximum atomic E-state index is 12.7. The quantitative estimate of drug-likeness (QED) is 0.924. The van der Waals surface area contributed by atoms with E-state index in [0.717, 1.165) is 41.4 Å². The smallest absolute Gasteiger partial charge is 0.241 e. The highest BCUT2D eigenvalue weighted by atomic mass is 35.5. The number of hydrogen-bond acceptors (Lipinski definition) is 3. The van der Waals surface area contributed by atoms with Crippen LogP contribution in [0, 0.1) is 0 Å². The molecular formula is C16H21ClN2OS. The Kier molecular flexibility index (Phi) is 4.77.